The maximum atomic E-state index is 12.4. The van der Waals surface area contributed by atoms with Crippen LogP contribution in [0.4, 0.5) is 10.6 Å². The molecule has 1 atom stereocenters. The van der Waals surface area contributed by atoms with Gasteiger partial charge in [-0.1, -0.05) is 12.1 Å². The molecule has 2 N–H and O–H groups in total. The minimum Gasteiger partial charge on any atom is -0.333 e. The summed E-state index contributed by atoms with van der Waals surface area (Å²) in [6, 6.07) is 9.23. The molecule has 2 aromatic rings. The Labute approximate surface area is 144 Å². The van der Waals surface area contributed by atoms with Crippen molar-refractivity contribution < 1.29 is 9.59 Å². The van der Waals surface area contributed by atoms with Crippen LogP contribution in [-0.4, -0.2) is 34.9 Å². The van der Waals surface area contributed by atoms with Gasteiger partial charge in [0.25, 0.3) is 0 Å². The Hall–Kier alpha value is -2.41. The van der Waals surface area contributed by atoms with E-state index >= 15 is 0 Å². The summed E-state index contributed by atoms with van der Waals surface area (Å²) in [5, 5.41) is 7.72. The van der Waals surface area contributed by atoms with Gasteiger partial charge in [-0.15, -0.1) is 11.3 Å². The minimum absolute atomic E-state index is 0.0792. The van der Waals surface area contributed by atoms with Crippen molar-refractivity contribution in [3.05, 3.63) is 46.8 Å². The lowest BCUT2D eigenvalue weighted by molar-refractivity contribution is -0.121. The molecule has 7 heteroatoms. The van der Waals surface area contributed by atoms with E-state index in [9.17, 15) is 9.59 Å². The van der Waals surface area contributed by atoms with E-state index in [2.05, 4.69) is 15.6 Å². The van der Waals surface area contributed by atoms with E-state index < -0.39 is 0 Å². The monoisotopic (exact) mass is 344 g/mol. The van der Waals surface area contributed by atoms with Crippen molar-refractivity contribution in [3.63, 3.8) is 0 Å². The molecule has 1 unspecified atom stereocenters. The molecule has 1 saturated heterocycles. The van der Waals surface area contributed by atoms with Crippen LogP contribution in [0.1, 0.15) is 17.7 Å². The smallest absolute Gasteiger partial charge is 0.317 e. The Bertz CT molecular complexity index is 675. The van der Waals surface area contributed by atoms with Crippen LogP contribution in [0.15, 0.2) is 41.9 Å². The number of rotatable bonds is 4. The molecule has 0 aromatic carbocycles. The number of likely N-dealkylation sites (tertiary alicyclic amines) is 1. The number of carbonyl (C=O) groups excluding carboxylic acids is 2. The second kappa shape index (κ2) is 7.92. The Morgan fingerprint density at radius 3 is 2.96 bits per heavy atom. The van der Waals surface area contributed by atoms with Crippen molar-refractivity contribution in [2.24, 2.45) is 5.92 Å². The third-order valence-corrected chi connectivity index (χ3v) is 4.87. The highest BCUT2D eigenvalue weighted by Gasteiger charge is 2.28. The summed E-state index contributed by atoms with van der Waals surface area (Å²) in [6.07, 6.45) is 3.25. The Kier molecular flexibility index (Phi) is 5.43. The summed E-state index contributed by atoms with van der Waals surface area (Å²) in [7, 11) is 0. The summed E-state index contributed by atoms with van der Waals surface area (Å²) in [5.41, 5.74) is 0. The number of amides is 3. The molecule has 0 spiro atoms. The van der Waals surface area contributed by atoms with Gasteiger partial charge in [-0.25, -0.2) is 9.78 Å². The van der Waals surface area contributed by atoms with Crippen LogP contribution < -0.4 is 10.6 Å². The van der Waals surface area contributed by atoms with Crippen LogP contribution in [-0.2, 0) is 11.3 Å². The van der Waals surface area contributed by atoms with E-state index in [0.29, 0.717) is 25.5 Å². The zero-order valence-corrected chi connectivity index (χ0v) is 14.1. The summed E-state index contributed by atoms with van der Waals surface area (Å²) in [4.78, 5) is 31.6. The molecule has 3 amide bonds. The SMILES string of the molecule is O=C(Nc1ccccn1)C1CCCN(C(=O)NCc2cccs2)C1. The molecule has 6 nitrogen and oxygen atoms in total. The molecule has 1 aliphatic heterocycles. The third kappa shape index (κ3) is 4.32. The highest BCUT2D eigenvalue weighted by Crippen LogP contribution is 2.18. The number of pyridine rings is 1. The maximum absolute atomic E-state index is 12.4. The van der Waals surface area contributed by atoms with Crippen LogP contribution in [0, 0.1) is 5.92 Å². The molecule has 1 fully saturated rings. The number of piperidine rings is 1. The van der Waals surface area contributed by atoms with Gasteiger partial charge in [0.15, 0.2) is 0 Å². The zero-order chi connectivity index (χ0) is 16.8. The first-order valence-electron chi connectivity index (χ1n) is 7.99. The number of carbonyl (C=O) groups is 2. The van der Waals surface area contributed by atoms with E-state index in [1.54, 1.807) is 34.6 Å². The normalized spacial score (nSPS) is 17.3. The first-order chi connectivity index (χ1) is 11.7. The quantitative estimate of drug-likeness (QED) is 0.895. The van der Waals surface area contributed by atoms with Crippen molar-refractivity contribution >= 4 is 29.1 Å². The number of hydrogen-bond acceptors (Lipinski definition) is 4. The molecule has 24 heavy (non-hydrogen) atoms. The lowest BCUT2D eigenvalue weighted by atomic mass is 9.97. The maximum Gasteiger partial charge on any atom is 0.317 e. The summed E-state index contributed by atoms with van der Waals surface area (Å²) < 4.78 is 0. The van der Waals surface area contributed by atoms with Crippen molar-refractivity contribution in [1.82, 2.24) is 15.2 Å². The van der Waals surface area contributed by atoms with Crippen LogP contribution in [0.25, 0.3) is 0 Å². The van der Waals surface area contributed by atoms with Gasteiger partial charge in [-0.3, -0.25) is 4.79 Å². The molecule has 3 rings (SSSR count). The second-order valence-corrected chi connectivity index (χ2v) is 6.76. The van der Waals surface area contributed by atoms with Crippen molar-refractivity contribution in [3.8, 4) is 0 Å². The number of nitrogens with one attached hydrogen (secondary N) is 2. The van der Waals surface area contributed by atoms with E-state index in [0.717, 1.165) is 17.7 Å². The van der Waals surface area contributed by atoms with Gasteiger partial charge in [-0.2, -0.15) is 0 Å². The zero-order valence-electron chi connectivity index (χ0n) is 13.3. The first-order valence-corrected chi connectivity index (χ1v) is 8.87. The lowest BCUT2D eigenvalue weighted by Crippen LogP contribution is -2.47. The van der Waals surface area contributed by atoms with Crippen LogP contribution in [0.5, 0.6) is 0 Å². The highest BCUT2D eigenvalue weighted by atomic mass is 32.1. The topological polar surface area (TPSA) is 74.3 Å². The van der Waals surface area contributed by atoms with Gasteiger partial charge < -0.3 is 15.5 Å². The summed E-state index contributed by atoms with van der Waals surface area (Å²) in [6.45, 7) is 1.65. The van der Waals surface area contributed by atoms with Gasteiger partial charge >= 0.3 is 6.03 Å². The van der Waals surface area contributed by atoms with Crippen molar-refractivity contribution in [1.29, 1.82) is 0 Å². The van der Waals surface area contributed by atoms with Crippen molar-refractivity contribution in [2.75, 3.05) is 18.4 Å². The largest absolute Gasteiger partial charge is 0.333 e. The lowest BCUT2D eigenvalue weighted by Gasteiger charge is -2.32. The fraction of sp³-hybridized carbons (Fsp3) is 0.353. The van der Waals surface area contributed by atoms with E-state index in [-0.39, 0.29) is 17.9 Å². The Morgan fingerprint density at radius 2 is 2.21 bits per heavy atom. The minimum atomic E-state index is -0.201. The molecule has 1 aliphatic rings. The van der Waals surface area contributed by atoms with Gasteiger partial charge in [0.05, 0.1) is 12.5 Å². The number of aromatic nitrogens is 1. The summed E-state index contributed by atoms with van der Waals surface area (Å²) in [5.74, 6) is 0.263. The van der Waals surface area contributed by atoms with Gasteiger partial charge in [0.2, 0.25) is 5.91 Å². The molecule has 2 aromatic heterocycles. The Balaban J connectivity index is 1.51. The van der Waals surface area contributed by atoms with Gasteiger partial charge in [-0.05, 0) is 36.4 Å². The average molecular weight is 344 g/mol. The predicted molar refractivity (Wildman–Crippen MR) is 93.7 cm³/mol. The van der Waals surface area contributed by atoms with Crippen LogP contribution in [0.3, 0.4) is 0 Å². The average Bonchev–Trinajstić information content (AvgIpc) is 3.14. The molecule has 0 radical (unpaired) electrons. The van der Waals surface area contributed by atoms with Gasteiger partial charge in [0, 0.05) is 24.2 Å². The summed E-state index contributed by atoms with van der Waals surface area (Å²) >= 11 is 1.61. The number of hydrogen-bond donors (Lipinski definition) is 2. The highest BCUT2D eigenvalue weighted by molar-refractivity contribution is 7.09. The molecular weight excluding hydrogens is 324 g/mol. The Morgan fingerprint density at radius 1 is 1.29 bits per heavy atom. The standard InChI is InChI=1S/C17H20N4O2S/c22-16(20-15-7-1-2-8-18-15)13-5-3-9-21(12-13)17(23)19-11-14-6-4-10-24-14/h1-2,4,6-8,10,13H,3,5,9,11-12H2,(H,19,23)(H,18,20,22). The van der Waals surface area contributed by atoms with E-state index in [4.69, 9.17) is 0 Å². The molecule has 0 saturated carbocycles. The fourth-order valence-corrected chi connectivity index (χ4v) is 3.37. The predicted octanol–water partition coefficient (Wildman–Crippen LogP) is 2.70. The number of nitrogens with zero attached hydrogens (tertiary/aromatic N) is 2. The molecule has 0 bridgehead atoms. The molecule has 0 aliphatic carbocycles. The van der Waals surface area contributed by atoms with Crippen LogP contribution in [0.2, 0.25) is 0 Å². The fourth-order valence-electron chi connectivity index (χ4n) is 2.73. The van der Waals surface area contributed by atoms with Gasteiger partial charge in [0.1, 0.15) is 5.82 Å². The molecular formula is C17H20N4O2S. The number of anilines is 1. The van der Waals surface area contributed by atoms with Crippen LogP contribution >= 0.6 is 11.3 Å². The van der Waals surface area contributed by atoms with E-state index in [1.165, 1.54) is 0 Å². The number of thiophene rings is 1. The second-order valence-electron chi connectivity index (χ2n) is 5.73. The van der Waals surface area contributed by atoms with Crippen molar-refractivity contribution in [2.45, 2.75) is 19.4 Å². The first kappa shape index (κ1) is 16.4. The molecule has 3 heterocycles. The van der Waals surface area contributed by atoms with E-state index in [1.807, 2.05) is 23.6 Å². The molecule has 126 valence electrons. The number of urea groups is 1. The third-order valence-electron chi connectivity index (χ3n) is 3.99.